The average Bonchev–Trinajstić information content (AvgIpc) is 2.29. The van der Waals surface area contributed by atoms with Crippen LogP contribution in [0.15, 0.2) is 30.3 Å². The maximum atomic E-state index is 10.4. The number of aliphatic hydroxyl groups is 1. The number of benzene rings is 1. The summed E-state index contributed by atoms with van der Waals surface area (Å²) in [6.45, 7) is 4.36. The Morgan fingerprint density at radius 1 is 1.20 bits per heavy atom. The minimum absolute atomic E-state index is 0.469. The molecule has 0 amide bonds. The standard InChI is InChI=1S/C7H7O3P.C4H10/c8-7(11(9)10)6-4-2-1-3-5-6;1-3-4-2/h1-5,7-8H;3-4H2,1-2H3/p+1. The fourth-order valence-corrected chi connectivity index (χ4v) is 1.18. The number of hydrogen-bond donors (Lipinski definition) is 2. The summed E-state index contributed by atoms with van der Waals surface area (Å²) in [5, 5.41) is 9.06. The molecule has 2 atom stereocenters. The van der Waals surface area contributed by atoms with Crippen LogP contribution in [0.4, 0.5) is 0 Å². The highest BCUT2D eigenvalue weighted by Gasteiger charge is 2.27. The molecule has 15 heavy (non-hydrogen) atoms. The molecule has 1 aromatic carbocycles. The zero-order valence-corrected chi connectivity index (χ0v) is 10.0. The molecular formula is C11H18O3P+. The summed E-state index contributed by atoms with van der Waals surface area (Å²) in [5.41, 5.74) is 0.469. The van der Waals surface area contributed by atoms with Gasteiger partial charge in [-0.15, -0.1) is 0 Å². The SMILES string of the molecule is CCCC.O=[P+](O)C(O)c1ccccc1. The molecule has 0 saturated heterocycles. The smallest absolute Gasteiger partial charge is 0.345 e. The van der Waals surface area contributed by atoms with Gasteiger partial charge >= 0.3 is 13.9 Å². The van der Waals surface area contributed by atoms with E-state index in [1.165, 1.54) is 12.8 Å². The lowest BCUT2D eigenvalue weighted by molar-refractivity contribution is 0.243. The van der Waals surface area contributed by atoms with Gasteiger partial charge in [0.2, 0.25) is 0 Å². The first-order valence-electron chi connectivity index (χ1n) is 5.01. The molecule has 3 nitrogen and oxygen atoms in total. The van der Waals surface area contributed by atoms with E-state index in [0.29, 0.717) is 5.56 Å². The predicted molar refractivity (Wildman–Crippen MR) is 61.8 cm³/mol. The summed E-state index contributed by atoms with van der Waals surface area (Å²) in [4.78, 5) is 8.53. The van der Waals surface area contributed by atoms with E-state index in [1.807, 2.05) is 0 Å². The van der Waals surface area contributed by atoms with Crippen LogP contribution in [0.2, 0.25) is 0 Å². The summed E-state index contributed by atoms with van der Waals surface area (Å²) in [6, 6.07) is 8.40. The van der Waals surface area contributed by atoms with Crippen molar-refractivity contribution < 1.29 is 14.6 Å². The van der Waals surface area contributed by atoms with Crippen molar-refractivity contribution in [2.24, 2.45) is 0 Å². The van der Waals surface area contributed by atoms with E-state index in [1.54, 1.807) is 30.3 Å². The summed E-state index contributed by atoms with van der Waals surface area (Å²) >= 11 is 0. The molecule has 0 aliphatic heterocycles. The van der Waals surface area contributed by atoms with Gasteiger partial charge in [-0.2, -0.15) is 4.89 Å². The van der Waals surface area contributed by atoms with Gasteiger partial charge in [0, 0.05) is 5.56 Å². The van der Waals surface area contributed by atoms with E-state index in [2.05, 4.69) is 13.8 Å². The molecule has 0 aromatic heterocycles. The van der Waals surface area contributed by atoms with Gasteiger partial charge in [-0.3, -0.25) is 0 Å². The van der Waals surface area contributed by atoms with Crippen LogP contribution in [0, 0.1) is 0 Å². The first-order valence-corrected chi connectivity index (χ1v) is 6.29. The second kappa shape index (κ2) is 8.54. The Bertz CT molecular complexity index is 272. The summed E-state index contributed by atoms with van der Waals surface area (Å²) in [6.07, 6.45) is 2.64. The van der Waals surface area contributed by atoms with Crippen molar-refractivity contribution in [1.29, 1.82) is 0 Å². The van der Waals surface area contributed by atoms with Crippen LogP contribution in [0.5, 0.6) is 0 Å². The Hall–Kier alpha value is -0.760. The van der Waals surface area contributed by atoms with Crippen molar-refractivity contribution in [3.05, 3.63) is 35.9 Å². The van der Waals surface area contributed by atoms with Crippen molar-refractivity contribution in [2.45, 2.75) is 32.5 Å². The maximum absolute atomic E-state index is 10.4. The number of unbranched alkanes of at least 4 members (excludes halogenated alkanes) is 1. The molecule has 0 bridgehead atoms. The highest BCUT2D eigenvalue weighted by Crippen LogP contribution is 2.34. The molecule has 0 fully saturated rings. The highest BCUT2D eigenvalue weighted by atomic mass is 31.1. The van der Waals surface area contributed by atoms with Crippen molar-refractivity contribution in [2.75, 3.05) is 0 Å². The summed E-state index contributed by atoms with van der Waals surface area (Å²) in [7, 11) is -2.53. The first-order chi connectivity index (χ1) is 7.13. The van der Waals surface area contributed by atoms with Gasteiger partial charge in [0.15, 0.2) is 0 Å². The van der Waals surface area contributed by atoms with Crippen LogP contribution >= 0.6 is 8.03 Å². The second-order valence-corrected chi connectivity index (χ2v) is 4.18. The summed E-state index contributed by atoms with van der Waals surface area (Å²) < 4.78 is 10.4. The molecule has 0 aliphatic rings. The lowest BCUT2D eigenvalue weighted by atomic mass is 10.2. The number of rotatable bonds is 3. The second-order valence-electron chi connectivity index (χ2n) is 3.09. The van der Waals surface area contributed by atoms with Crippen molar-refractivity contribution >= 4 is 8.03 Å². The molecule has 0 radical (unpaired) electrons. The van der Waals surface area contributed by atoms with Gasteiger partial charge in [0.25, 0.3) is 0 Å². The van der Waals surface area contributed by atoms with E-state index in [4.69, 9.17) is 10.00 Å². The van der Waals surface area contributed by atoms with Gasteiger partial charge in [-0.1, -0.05) is 57.0 Å². The minimum Gasteiger partial charge on any atom is -0.345 e. The van der Waals surface area contributed by atoms with Crippen molar-refractivity contribution in [3.63, 3.8) is 0 Å². The van der Waals surface area contributed by atoms with Gasteiger partial charge < -0.3 is 5.11 Å². The average molecular weight is 229 g/mol. The minimum atomic E-state index is -2.53. The van der Waals surface area contributed by atoms with Crippen molar-refractivity contribution in [3.8, 4) is 0 Å². The van der Waals surface area contributed by atoms with E-state index < -0.39 is 13.9 Å². The summed E-state index contributed by atoms with van der Waals surface area (Å²) in [5.74, 6) is -1.26. The molecule has 1 aromatic rings. The molecule has 2 unspecified atom stereocenters. The molecule has 4 heteroatoms. The Labute approximate surface area is 91.6 Å². The third-order valence-electron chi connectivity index (χ3n) is 1.81. The Kier molecular flexibility index (Phi) is 8.11. The van der Waals surface area contributed by atoms with Gasteiger partial charge in [-0.05, 0) is 4.57 Å². The fourth-order valence-electron chi connectivity index (χ4n) is 0.753. The quantitative estimate of drug-likeness (QED) is 0.782. The van der Waals surface area contributed by atoms with E-state index in [0.717, 1.165) is 0 Å². The Morgan fingerprint density at radius 3 is 2.00 bits per heavy atom. The van der Waals surface area contributed by atoms with Gasteiger partial charge in [0.1, 0.15) is 0 Å². The van der Waals surface area contributed by atoms with Crippen LogP contribution in [-0.4, -0.2) is 10.00 Å². The third-order valence-corrected chi connectivity index (χ3v) is 2.52. The molecule has 0 aliphatic carbocycles. The fraction of sp³-hybridized carbons (Fsp3) is 0.455. The normalized spacial score (nSPS) is 12.4. The van der Waals surface area contributed by atoms with Crippen LogP contribution in [0.3, 0.4) is 0 Å². The molecular weight excluding hydrogens is 211 g/mol. The lowest BCUT2D eigenvalue weighted by Gasteiger charge is -1.94. The Morgan fingerprint density at radius 2 is 1.67 bits per heavy atom. The van der Waals surface area contributed by atoms with E-state index >= 15 is 0 Å². The molecule has 1 rings (SSSR count). The van der Waals surface area contributed by atoms with Gasteiger partial charge in [-0.25, -0.2) is 0 Å². The van der Waals surface area contributed by atoms with E-state index in [9.17, 15) is 4.57 Å². The number of hydrogen-bond acceptors (Lipinski definition) is 2. The zero-order chi connectivity index (χ0) is 11.7. The largest absolute Gasteiger partial charge is 0.542 e. The molecule has 84 valence electrons. The molecule has 0 spiro atoms. The highest BCUT2D eigenvalue weighted by molar-refractivity contribution is 7.38. The van der Waals surface area contributed by atoms with Crippen LogP contribution in [0.25, 0.3) is 0 Å². The maximum Gasteiger partial charge on any atom is 0.542 e. The van der Waals surface area contributed by atoms with Crippen molar-refractivity contribution in [1.82, 2.24) is 0 Å². The van der Waals surface area contributed by atoms with Crippen LogP contribution < -0.4 is 0 Å². The number of aliphatic hydroxyl groups excluding tert-OH is 1. The van der Waals surface area contributed by atoms with Crippen LogP contribution in [-0.2, 0) is 4.57 Å². The first kappa shape index (κ1) is 14.2. The predicted octanol–water partition coefficient (Wildman–Crippen LogP) is 3.22. The topological polar surface area (TPSA) is 57.5 Å². The monoisotopic (exact) mass is 229 g/mol. The molecule has 0 heterocycles. The Balaban J connectivity index is 0.000000423. The van der Waals surface area contributed by atoms with Crippen LogP contribution in [0.1, 0.15) is 38.1 Å². The zero-order valence-electron chi connectivity index (χ0n) is 9.13. The van der Waals surface area contributed by atoms with Gasteiger partial charge in [0.05, 0.1) is 0 Å². The third kappa shape index (κ3) is 6.34. The molecule has 2 N–H and O–H groups in total. The van der Waals surface area contributed by atoms with E-state index in [-0.39, 0.29) is 0 Å². The lowest BCUT2D eigenvalue weighted by Crippen LogP contribution is -1.89. The molecule has 0 saturated carbocycles.